The molecular weight excluding hydrogens is 368 g/mol. The molecule has 1 N–H and O–H groups in total. The number of hydrogen-bond acceptors (Lipinski definition) is 5. The zero-order valence-corrected chi connectivity index (χ0v) is 16.5. The highest BCUT2D eigenvalue weighted by Gasteiger charge is 2.50. The number of esters is 2. The SMILES string of the molecule is O=C1C[C@@H]2[C@@H](C=CC(O)CC3C=CCCC3)[C@H](OC(=O)c3ccccc3)C[C@@H]2O1. The Morgan fingerprint density at radius 3 is 2.90 bits per heavy atom. The van der Waals surface area contributed by atoms with Gasteiger partial charge in [0.25, 0.3) is 0 Å². The third-order valence-corrected chi connectivity index (χ3v) is 6.27. The van der Waals surface area contributed by atoms with E-state index in [1.54, 1.807) is 24.3 Å². The molecular formula is C24H28O5. The third-order valence-electron chi connectivity index (χ3n) is 6.27. The number of allylic oxidation sites excluding steroid dienone is 2. The highest BCUT2D eigenvalue weighted by Crippen LogP contribution is 2.43. The second-order valence-electron chi connectivity index (χ2n) is 8.33. The van der Waals surface area contributed by atoms with Gasteiger partial charge in [-0.2, -0.15) is 0 Å². The van der Waals surface area contributed by atoms with Gasteiger partial charge in [-0.05, 0) is 43.7 Å². The number of fused-ring (bicyclic) bond motifs is 1. The van der Waals surface area contributed by atoms with Crippen LogP contribution in [0.5, 0.6) is 0 Å². The molecule has 154 valence electrons. The molecule has 5 heteroatoms. The van der Waals surface area contributed by atoms with Gasteiger partial charge >= 0.3 is 11.9 Å². The van der Waals surface area contributed by atoms with Gasteiger partial charge in [0.2, 0.25) is 0 Å². The molecule has 3 aliphatic rings. The molecule has 1 heterocycles. The van der Waals surface area contributed by atoms with Crippen LogP contribution in [0.15, 0.2) is 54.6 Å². The number of benzene rings is 1. The van der Waals surface area contributed by atoms with Crippen molar-refractivity contribution >= 4 is 11.9 Å². The summed E-state index contributed by atoms with van der Waals surface area (Å²) in [7, 11) is 0. The minimum absolute atomic E-state index is 0.00546. The zero-order valence-electron chi connectivity index (χ0n) is 16.5. The first-order valence-electron chi connectivity index (χ1n) is 10.6. The topological polar surface area (TPSA) is 72.8 Å². The van der Waals surface area contributed by atoms with E-state index in [1.165, 1.54) is 6.42 Å². The van der Waals surface area contributed by atoms with Crippen LogP contribution in [0.25, 0.3) is 0 Å². The van der Waals surface area contributed by atoms with Gasteiger partial charge in [-0.3, -0.25) is 4.79 Å². The van der Waals surface area contributed by atoms with Crippen LogP contribution < -0.4 is 0 Å². The van der Waals surface area contributed by atoms with Gasteiger partial charge in [0, 0.05) is 18.3 Å². The molecule has 0 aromatic heterocycles. The first-order chi connectivity index (χ1) is 14.1. The van der Waals surface area contributed by atoms with Crippen LogP contribution in [-0.2, 0) is 14.3 Å². The van der Waals surface area contributed by atoms with E-state index < -0.39 is 6.10 Å². The van der Waals surface area contributed by atoms with Crippen LogP contribution in [0.1, 0.15) is 48.9 Å². The highest BCUT2D eigenvalue weighted by molar-refractivity contribution is 5.89. The quantitative estimate of drug-likeness (QED) is 0.584. The molecule has 1 aliphatic heterocycles. The monoisotopic (exact) mass is 396 g/mol. The minimum Gasteiger partial charge on any atom is -0.462 e. The van der Waals surface area contributed by atoms with Gasteiger partial charge in [-0.15, -0.1) is 0 Å². The van der Waals surface area contributed by atoms with Crippen molar-refractivity contribution in [1.82, 2.24) is 0 Å². The van der Waals surface area contributed by atoms with Crippen molar-refractivity contribution in [3.8, 4) is 0 Å². The maximum absolute atomic E-state index is 12.5. The second kappa shape index (κ2) is 8.95. The van der Waals surface area contributed by atoms with E-state index in [0.29, 0.717) is 30.7 Å². The second-order valence-corrected chi connectivity index (χ2v) is 8.33. The predicted octanol–water partition coefficient (Wildman–Crippen LogP) is 3.83. The fourth-order valence-corrected chi connectivity index (χ4v) is 4.79. The van der Waals surface area contributed by atoms with Gasteiger partial charge in [-0.25, -0.2) is 4.79 Å². The molecule has 0 radical (unpaired) electrons. The number of aliphatic hydroxyl groups is 1. The predicted molar refractivity (Wildman–Crippen MR) is 108 cm³/mol. The average Bonchev–Trinajstić information content (AvgIpc) is 3.23. The molecule has 1 aromatic rings. The Morgan fingerprint density at radius 2 is 2.14 bits per heavy atom. The maximum Gasteiger partial charge on any atom is 0.338 e. The van der Waals surface area contributed by atoms with Crippen molar-refractivity contribution in [2.24, 2.45) is 17.8 Å². The van der Waals surface area contributed by atoms with Crippen LogP contribution in [0, 0.1) is 17.8 Å². The summed E-state index contributed by atoms with van der Waals surface area (Å²) in [6, 6.07) is 8.91. The Kier molecular flexibility index (Phi) is 6.14. The number of ether oxygens (including phenoxy) is 2. The largest absolute Gasteiger partial charge is 0.462 e. The lowest BCUT2D eigenvalue weighted by molar-refractivity contribution is -0.141. The summed E-state index contributed by atoms with van der Waals surface area (Å²) in [5.74, 6) is -0.292. The van der Waals surface area contributed by atoms with Crippen molar-refractivity contribution in [3.05, 3.63) is 60.2 Å². The molecule has 5 nitrogen and oxygen atoms in total. The zero-order chi connectivity index (χ0) is 20.2. The molecule has 0 bridgehead atoms. The molecule has 0 spiro atoms. The highest BCUT2D eigenvalue weighted by atomic mass is 16.6. The summed E-state index contributed by atoms with van der Waals surface area (Å²) in [5.41, 5.74) is 0.508. The molecule has 1 aromatic carbocycles. The van der Waals surface area contributed by atoms with E-state index in [9.17, 15) is 14.7 Å². The summed E-state index contributed by atoms with van der Waals surface area (Å²) >= 11 is 0. The van der Waals surface area contributed by atoms with Crippen LogP contribution in [0.3, 0.4) is 0 Å². The molecule has 1 saturated carbocycles. The Morgan fingerprint density at radius 1 is 1.31 bits per heavy atom. The molecule has 4 rings (SSSR count). The molecule has 1 saturated heterocycles. The molecule has 2 fully saturated rings. The summed E-state index contributed by atoms with van der Waals surface area (Å²) in [6.07, 6.45) is 11.9. The fourth-order valence-electron chi connectivity index (χ4n) is 4.79. The first-order valence-corrected chi connectivity index (χ1v) is 10.6. The number of aliphatic hydroxyl groups excluding tert-OH is 1. The Bertz CT molecular complexity index is 784. The van der Waals surface area contributed by atoms with Crippen LogP contribution in [0.4, 0.5) is 0 Å². The van der Waals surface area contributed by atoms with Gasteiger partial charge < -0.3 is 14.6 Å². The van der Waals surface area contributed by atoms with Crippen molar-refractivity contribution in [2.75, 3.05) is 0 Å². The Hall–Kier alpha value is -2.40. The van der Waals surface area contributed by atoms with Crippen molar-refractivity contribution < 1.29 is 24.2 Å². The summed E-state index contributed by atoms with van der Waals surface area (Å²) < 4.78 is 11.2. The van der Waals surface area contributed by atoms with Gasteiger partial charge in [0.15, 0.2) is 0 Å². The van der Waals surface area contributed by atoms with Crippen molar-refractivity contribution in [3.63, 3.8) is 0 Å². The number of carbonyl (C=O) groups is 2. The van der Waals surface area contributed by atoms with Gasteiger partial charge in [0.1, 0.15) is 12.2 Å². The van der Waals surface area contributed by atoms with Gasteiger partial charge in [-0.1, -0.05) is 42.5 Å². The van der Waals surface area contributed by atoms with Crippen molar-refractivity contribution in [2.45, 2.75) is 56.8 Å². The average molecular weight is 396 g/mol. The fraction of sp³-hybridized carbons (Fsp3) is 0.500. The normalized spacial score (nSPS) is 32.2. The molecule has 6 atom stereocenters. The molecule has 0 amide bonds. The third kappa shape index (κ3) is 4.78. The lowest BCUT2D eigenvalue weighted by Gasteiger charge is -2.21. The molecule has 2 unspecified atom stereocenters. The van der Waals surface area contributed by atoms with Crippen LogP contribution in [0.2, 0.25) is 0 Å². The minimum atomic E-state index is -0.551. The van der Waals surface area contributed by atoms with Crippen LogP contribution in [-0.4, -0.2) is 35.4 Å². The lowest BCUT2D eigenvalue weighted by Crippen LogP contribution is -2.25. The van der Waals surface area contributed by atoms with E-state index in [2.05, 4.69) is 12.2 Å². The first kappa shape index (κ1) is 19.9. The van der Waals surface area contributed by atoms with Crippen molar-refractivity contribution in [1.29, 1.82) is 0 Å². The van der Waals surface area contributed by atoms with E-state index in [-0.39, 0.29) is 36.0 Å². The van der Waals surface area contributed by atoms with E-state index in [1.807, 2.05) is 18.2 Å². The van der Waals surface area contributed by atoms with E-state index in [0.717, 1.165) is 12.8 Å². The van der Waals surface area contributed by atoms with Crippen LogP contribution >= 0.6 is 0 Å². The summed E-state index contributed by atoms with van der Waals surface area (Å²) in [6.45, 7) is 0. The maximum atomic E-state index is 12.5. The van der Waals surface area contributed by atoms with E-state index in [4.69, 9.17) is 9.47 Å². The summed E-state index contributed by atoms with van der Waals surface area (Å²) in [4.78, 5) is 24.3. The smallest absolute Gasteiger partial charge is 0.338 e. The number of hydrogen-bond donors (Lipinski definition) is 1. The molecule has 2 aliphatic carbocycles. The lowest BCUT2D eigenvalue weighted by atomic mass is 9.89. The standard InChI is InChI=1S/C24H28O5/c25-18(13-16-7-3-1-4-8-16)11-12-19-20-14-23(26)28-22(20)15-21(19)29-24(27)17-9-5-2-6-10-17/h2-3,5-7,9-12,16,18-22,25H,1,4,8,13-15H2/t16?,18?,19-,20-,21-,22+/m1/s1. The summed E-state index contributed by atoms with van der Waals surface area (Å²) in [5, 5.41) is 10.5. The Balaban J connectivity index is 1.43. The number of rotatable bonds is 6. The molecule has 29 heavy (non-hydrogen) atoms. The van der Waals surface area contributed by atoms with Gasteiger partial charge in [0.05, 0.1) is 18.1 Å². The van der Waals surface area contributed by atoms with E-state index >= 15 is 0 Å². The Labute approximate surface area is 171 Å². The number of carbonyl (C=O) groups excluding carboxylic acids is 2.